The second kappa shape index (κ2) is 7.65. The van der Waals surface area contributed by atoms with Crippen LogP contribution in [0.15, 0.2) is 35.0 Å². The van der Waals surface area contributed by atoms with Gasteiger partial charge < -0.3 is 10.2 Å². The summed E-state index contributed by atoms with van der Waals surface area (Å²) in [5.74, 6) is 0.0694. The molecule has 2 amide bonds. The Balaban J connectivity index is 1.58. The number of benzene rings is 1. The molecule has 2 aromatic rings. The molecule has 0 bridgehead atoms. The smallest absolute Gasteiger partial charge is 0.254 e. The fraction of sp³-hybridized carbons (Fsp3) is 0.333. The summed E-state index contributed by atoms with van der Waals surface area (Å²) in [5, 5.41) is 6.83. The minimum Gasteiger partial charge on any atom is -0.349 e. The second-order valence-electron chi connectivity index (χ2n) is 5.99. The van der Waals surface area contributed by atoms with Crippen molar-refractivity contribution in [3.8, 4) is 0 Å². The van der Waals surface area contributed by atoms with Crippen LogP contribution in [0.1, 0.15) is 39.1 Å². The first kappa shape index (κ1) is 17.4. The van der Waals surface area contributed by atoms with Crippen molar-refractivity contribution in [2.45, 2.75) is 25.8 Å². The summed E-state index contributed by atoms with van der Waals surface area (Å²) in [4.78, 5) is 26.7. The number of amides is 2. The lowest BCUT2D eigenvalue weighted by atomic mass is 10.0. The highest BCUT2D eigenvalue weighted by Crippen LogP contribution is 2.21. The van der Waals surface area contributed by atoms with Crippen molar-refractivity contribution in [1.82, 2.24) is 10.2 Å². The van der Waals surface area contributed by atoms with Crippen LogP contribution in [0, 0.1) is 10.5 Å². The van der Waals surface area contributed by atoms with Crippen LogP contribution in [0.25, 0.3) is 0 Å². The number of carbonyl (C=O) groups is 2. The molecule has 1 aromatic carbocycles. The quantitative estimate of drug-likeness (QED) is 0.720. The summed E-state index contributed by atoms with van der Waals surface area (Å²) in [5.41, 5.74) is 2.61. The maximum atomic E-state index is 12.7. The third kappa shape index (κ3) is 3.80. The van der Waals surface area contributed by atoms with Gasteiger partial charge in [0, 0.05) is 33.6 Å². The second-order valence-corrected chi connectivity index (χ2v) is 7.85. The van der Waals surface area contributed by atoms with E-state index in [2.05, 4.69) is 27.9 Å². The minimum atomic E-state index is -0.0192. The SMILES string of the molecule is Cc1cccc(C(=O)N2CCC(NC(=O)c3ccsc3)CC2)c1I. The maximum Gasteiger partial charge on any atom is 0.254 e. The van der Waals surface area contributed by atoms with Crippen molar-refractivity contribution < 1.29 is 9.59 Å². The number of halogens is 1. The fourth-order valence-electron chi connectivity index (χ4n) is 2.87. The molecule has 0 spiro atoms. The van der Waals surface area contributed by atoms with E-state index in [4.69, 9.17) is 0 Å². The molecule has 24 heavy (non-hydrogen) atoms. The number of nitrogens with zero attached hydrogens (tertiary/aromatic N) is 1. The van der Waals surface area contributed by atoms with E-state index in [9.17, 15) is 9.59 Å². The van der Waals surface area contributed by atoms with E-state index in [1.165, 1.54) is 11.3 Å². The zero-order chi connectivity index (χ0) is 17.1. The van der Waals surface area contributed by atoms with Gasteiger partial charge in [0.1, 0.15) is 0 Å². The normalized spacial score (nSPS) is 15.3. The highest BCUT2D eigenvalue weighted by atomic mass is 127. The van der Waals surface area contributed by atoms with Gasteiger partial charge in [-0.1, -0.05) is 12.1 Å². The Morgan fingerprint density at radius 1 is 1.25 bits per heavy atom. The van der Waals surface area contributed by atoms with Crippen LogP contribution in [0.4, 0.5) is 0 Å². The topological polar surface area (TPSA) is 49.4 Å². The first-order valence-corrected chi connectivity index (χ1v) is 9.96. The van der Waals surface area contributed by atoms with E-state index in [0.29, 0.717) is 18.7 Å². The molecule has 0 aliphatic carbocycles. The largest absolute Gasteiger partial charge is 0.349 e. The monoisotopic (exact) mass is 454 g/mol. The van der Waals surface area contributed by atoms with Crippen molar-refractivity contribution in [3.05, 3.63) is 55.3 Å². The third-order valence-electron chi connectivity index (χ3n) is 4.32. The molecule has 3 rings (SSSR count). The van der Waals surface area contributed by atoms with Crippen LogP contribution in [-0.4, -0.2) is 35.8 Å². The van der Waals surface area contributed by atoms with E-state index in [-0.39, 0.29) is 17.9 Å². The average Bonchev–Trinajstić information content (AvgIpc) is 3.12. The van der Waals surface area contributed by atoms with Gasteiger partial charge in [0.05, 0.1) is 5.56 Å². The number of nitrogens with one attached hydrogen (secondary N) is 1. The van der Waals surface area contributed by atoms with Crippen LogP contribution in [0.2, 0.25) is 0 Å². The van der Waals surface area contributed by atoms with Crippen LogP contribution in [0.5, 0.6) is 0 Å². The van der Waals surface area contributed by atoms with Gasteiger partial charge in [0.15, 0.2) is 0 Å². The van der Waals surface area contributed by atoms with Gasteiger partial charge in [-0.25, -0.2) is 0 Å². The average molecular weight is 454 g/mol. The van der Waals surface area contributed by atoms with E-state index in [0.717, 1.165) is 27.5 Å². The van der Waals surface area contributed by atoms with Gasteiger partial charge in [0.2, 0.25) is 0 Å². The molecule has 126 valence electrons. The Morgan fingerprint density at radius 2 is 2.00 bits per heavy atom. The molecule has 0 saturated carbocycles. The molecule has 0 atom stereocenters. The van der Waals surface area contributed by atoms with Crippen molar-refractivity contribution in [2.75, 3.05) is 13.1 Å². The molecule has 2 heterocycles. The summed E-state index contributed by atoms with van der Waals surface area (Å²) in [6.07, 6.45) is 1.59. The fourth-order valence-corrected chi connectivity index (χ4v) is 4.10. The van der Waals surface area contributed by atoms with Gasteiger partial charge in [0.25, 0.3) is 11.8 Å². The van der Waals surface area contributed by atoms with E-state index >= 15 is 0 Å². The number of aryl methyl sites for hydroxylation is 1. The third-order valence-corrected chi connectivity index (χ3v) is 6.44. The molecular formula is C18H19IN2O2S. The first-order valence-electron chi connectivity index (χ1n) is 7.93. The number of likely N-dealkylation sites (tertiary alicyclic amines) is 1. The van der Waals surface area contributed by atoms with E-state index in [1.54, 1.807) is 0 Å². The molecule has 1 N–H and O–H groups in total. The van der Waals surface area contributed by atoms with Crippen LogP contribution in [0.3, 0.4) is 0 Å². The standard InChI is InChI=1S/C18H19IN2O2S/c1-12-3-2-4-15(16(12)19)18(23)21-8-5-14(6-9-21)20-17(22)13-7-10-24-11-13/h2-4,7,10-11,14H,5-6,8-9H2,1H3,(H,20,22). The van der Waals surface area contributed by atoms with Crippen LogP contribution < -0.4 is 5.32 Å². The minimum absolute atomic E-state index is 0.0192. The molecule has 0 radical (unpaired) electrons. The molecule has 1 aromatic heterocycles. The number of thiophene rings is 1. The van der Waals surface area contributed by atoms with Gasteiger partial charge in [-0.15, -0.1) is 0 Å². The number of hydrogen-bond donors (Lipinski definition) is 1. The van der Waals surface area contributed by atoms with Gasteiger partial charge in [-0.05, 0) is 65.4 Å². The van der Waals surface area contributed by atoms with Crippen LogP contribution >= 0.6 is 33.9 Å². The van der Waals surface area contributed by atoms with Crippen molar-refractivity contribution >= 4 is 45.7 Å². The predicted octanol–water partition coefficient (Wildman–Crippen LogP) is 3.70. The highest BCUT2D eigenvalue weighted by molar-refractivity contribution is 14.1. The Labute approximate surface area is 159 Å². The summed E-state index contributed by atoms with van der Waals surface area (Å²) >= 11 is 3.76. The number of rotatable bonds is 3. The molecular weight excluding hydrogens is 435 g/mol. The van der Waals surface area contributed by atoms with E-state index in [1.807, 2.05) is 46.8 Å². The van der Waals surface area contributed by atoms with Gasteiger partial charge >= 0.3 is 0 Å². The van der Waals surface area contributed by atoms with Crippen molar-refractivity contribution in [2.24, 2.45) is 0 Å². The Kier molecular flexibility index (Phi) is 5.55. The number of carbonyl (C=O) groups excluding carboxylic acids is 2. The Morgan fingerprint density at radius 3 is 2.67 bits per heavy atom. The Bertz CT molecular complexity index is 737. The lowest BCUT2D eigenvalue weighted by Crippen LogP contribution is -2.46. The Hall–Kier alpha value is -1.41. The molecule has 1 aliphatic heterocycles. The van der Waals surface area contributed by atoms with Crippen LogP contribution in [-0.2, 0) is 0 Å². The predicted molar refractivity (Wildman–Crippen MR) is 105 cm³/mol. The van der Waals surface area contributed by atoms with Crippen molar-refractivity contribution in [3.63, 3.8) is 0 Å². The summed E-state index contributed by atoms with van der Waals surface area (Å²) in [6.45, 7) is 3.37. The lowest BCUT2D eigenvalue weighted by molar-refractivity contribution is 0.0697. The van der Waals surface area contributed by atoms with Crippen molar-refractivity contribution in [1.29, 1.82) is 0 Å². The number of hydrogen-bond acceptors (Lipinski definition) is 3. The molecule has 0 unspecified atom stereocenters. The number of piperidine rings is 1. The summed E-state index contributed by atoms with van der Waals surface area (Å²) < 4.78 is 1.02. The van der Waals surface area contributed by atoms with E-state index < -0.39 is 0 Å². The highest BCUT2D eigenvalue weighted by Gasteiger charge is 2.26. The molecule has 4 nitrogen and oxygen atoms in total. The van der Waals surface area contributed by atoms with Gasteiger partial charge in [-0.2, -0.15) is 11.3 Å². The lowest BCUT2D eigenvalue weighted by Gasteiger charge is -2.32. The summed E-state index contributed by atoms with van der Waals surface area (Å²) in [7, 11) is 0. The zero-order valence-corrected chi connectivity index (χ0v) is 16.4. The zero-order valence-electron chi connectivity index (χ0n) is 13.4. The molecule has 1 aliphatic rings. The maximum absolute atomic E-state index is 12.7. The molecule has 1 fully saturated rings. The first-order chi connectivity index (χ1) is 11.6. The summed E-state index contributed by atoms with van der Waals surface area (Å²) in [6, 6.07) is 7.81. The van der Waals surface area contributed by atoms with Gasteiger partial charge in [-0.3, -0.25) is 9.59 Å². The molecule has 1 saturated heterocycles. The molecule has 6 heteroatoms.